The molecule has 0 aromatic carbocycles. The fourth-order valence-corrected chi connectivity index (χ4v) is 1.89. The van der Waals surface area contributed by atoms with Crippen LogP contribution in [0.25, 0.3) is 0 Å². The van der Waals surface area contributed by atoms with Gasteiger partial charge in [0.2, 0.25) is 0 Å². The fraction of sp³-hybridized carbons (Fsp3) is 0.727. The molecule has 0 aliphatic heterocycles. The van der Waals surface area contributed by atoms with Crippen molar-refractivity contribution < 1.29 is 4.79 Å². The van der Waals surface area contributed by atoms with Gasteiger partial charge in [-0.15, -0.1) is 6.58 Å². The van der Waals surface area contributed by atoms with Gasteiger partial charge in [0.05, 0.1) is 0 Å². The molecule has 0 bridgehead atoms. The summed E-state index contributed by atoms with van der Waals surface area (Å²) in [5.41, 5.74) is -0.185. The lowest BCUT2D eigenvalue weighted by Crippen LogP contribution is -2.46. The highest BCUT2D eigenvalue weighted by molar-refractivity contribution is 5.92. The first-order valence-corrected chi connectivity index (χ1v) is 4.82. The highest BCUT2D eigenvalue weighted by Gasteiger charge is 2.47. The summed E-state index contributed by atoms with van der Waals surface area (Å²) in [7, 11) is 0. The second-order valence-electron chi connectivity index (χ2n) is 3.95. The van der Waals surface area contributed by atoms with E-state index in [9.17, 15) is 4.79 Å². The third-order valence-corrected chi connectivity index (χ3v) is 3.21. The van der Waals surface area contributed by atoms with Gasteiger partial charge in [-0.3, -0.25) is 4.79 Å². The molecule has 0 radical (unpaired) electrons. The molecular weight excluding hydrogens is 148 g/mol. The van der Waals surface area contributed by atoms with E-state index in [2.05, 4.69) is 13.5 Å². The third-order valence-electron chi connectivity index (χ3n) is 3.21. The molecular formula is C11H18O. The molecule has 1 nitrogen and oxygen atoms in total. The first-order valence-electron chi connectivity index (χ1n) is 4.82. The Kier molecular flexibility index (Phi) is 2.71. The molecule has 1 heteroatoms. The topological polar surface area (TPSA) is 17.1 Å². The molecule has 0 aromatic heterocycles. The highest BCUT2D eigenvalue weighted by atomic mass is 16.1. The molecule has 12 heavy (non-hydrogen) atoms. The van der Waals surface area contributed by atoms with Gasteiger partial charge < -0.3 is 0 Å². The Hall–Kier alpha value is -0.590. The number of unbranched alkanes of at least 4 members (excludes halogenated alkanes) is 1. The average molecular weight is 166 g/mol. The minimum absolute atomic E-state index is 0.185. The molecule has 1 saturated carbocycles. The first kappa shape index (κ1) is 9.50. The number of carbonyl (C=O) groups excluding carboxylic acids is 1. The van der Waals surface area contributed by atoms with Crippen LogP contribution in [-0.4, -0.2) is 5.78 Å². The normalized spacial score (nSPS) is 34.5. The van der Waals surface area contributed by atoms with Gasteiger partial charge in [-0.1, -0.05) is 25.8 Å². The predicted octanol–water partition coefficient (Wildman–Crippen LogP) is 2.96. The number of Topliss-reactive ketones (excluding diaryl/α,β-unsaturated/α-hetero) is 1. The lowest BCUT2D eigenvalue weighted by atomic mass is 9.59. The van der Waals surface area contributed by atoms with E-state index in [0.29, 0.717) is 11.7 Å². The van der Waals surface area contributed by atoms with Gasteiger partial charge in [-0.2, -0.15) is 0 Å². The quantitative estimate of drug-likeness (QED) is 0.587. The maximum atomic E-state index is 11.3. The van der Waals surface area contributed by atoms with E-state index in [-0.39, 0.29) is 5.41 Å². The number of rotatable bonds is 4. The van der Waals surface area contributed by atoms with Gasteiger partial charge in [0, 0.05) is 11.8 Å². The third kappa shape index (κ3) is 1.33. The number of hydrogen-bond donors (Lipinski definition) is 0. The van der Waals surface area contributed by atoms with E-state index < -0.39 is 0 Å². The molecule has 1 rings (SSSR count). The minimum Gasteiger partial charge on any atom is -0.299 e. The van der Waals surface area contributed by atoms with E-state index >= 15 is 0 Å². The van der Waals surface area contributed by atoms with Crippen molar-refractivity contribution in [1.82, 2.24) is 0 Å². The zero-order valence-corrected chi connectivity index (χ0v) is 8.10. The lowest BCUT2D eigenvalue weighted by molar-refractivity contribution is -0.140. The SMILES string of the molecule is C=CC1(C)C(=O)CC1CCCC. The second kappa shape index (κ2) is 3.42. The monoisotopic (exact) mass is 166 g/mol. The van der Waals surface area contributed by atoms with Crippen LogP contribution < -0.4 is 0 Å². The van der Waals surface area contributed by atoms with Crippen LogP contribution in [0.3, 0.4) is 0 Å². The maximum absolute atomic E-state index is 11.3. The van der Waals surface area contributed by atoms with E-state index in [1.807, 2.05) is 13.0 Å². The Morgan fingerprint density at radius 3 is 2.83 bits per heavy atom. The first-order chi connectivity index (χ1) is 5.65. The van der Waals surface area contributed by atoms with Gasteiger partial charge in [-0.25, -0.2) is 0 Å². The summed E-state index contributed by atoms with van der Waals surface area (Å²) in [5.74, 6) is 0.945. The largest absolute Gasteiger partial charge is 0.299 e. The smallest absolute Gasteiger partial charge is 0.143 e. The maximum Gasteiger partial charge on any atom is 0.143 e. The van der Waals surface area contributed by atoms with E-state index in [1.54, 1.807) is 0 Å². The molecule has 0 heterocycles. The Labute approximate surface area is 74.9 Å². The van der Waals surface area contributed by atoms with Gasteiger partial charge in [0.15, 0.2) is 0 Å². The summed E-state index contributed by atoms with van der Waals surface area (Å²) in [4.78, 5) is 11.3. The lowest BCUT2D eigenvalue weighted by Gasteiger charge is -2.43. The van der Waals surface area contributed by atoms with Crippen molar-refractivity contribution in [2.24, 2.45) is 11.3 Å². The standard InChI is InChI=1S/C11H18O/c1-4-6-7-9-8-10(12)11(9,3)5-2/h5,9H,2,4,6-8H2,1,3H3. The van der Waals surface area contributed by atoms with E-state index in [0.717, 1.165) is 6.42 Å². The second-order valence-corrected chi connectivity index (χ2v) is 3.95. The number of allylic oxidation sites excluding steroid dienone is 1. The van der Waals surface area contributed by atoms with Gasteiger partial charge in [0.1, 0.15) is 5.78 Å². The van der Waals surface area contributed by atoms with Crippen LogP contribution in [0.15, 0.2) is 12.7 Å². The minimum atomic E-state index is -0.185. The van der Waals surface area contributed by atoms with Crippen molar-refractivity contribution in [2.45, 2.75) is 39.5 Å². The Morgan fingerprint density at radius 2 is 2.42 bits per heavy atom. The van der Waals surface area contributed by atoms with Crippen LogP contribution in [0.1, 0.15) is 39.5 Å². The van der Waals surface area contributed by atoms with Crippen LogP contribution in [0.5, 0.6) is 0 Å². The molecule has 0 saturated heterocycles. The Bertz CT molecular complexity index is 195. The van der Waals surface area contributed by atoms with Crippen molar-refractivity contribution in [3.63, 3.8) is 0 Å². The van der Waals surface area contributed by atoms with Crippen molar-refractivity contribution in [3.05, 3.63) is 12.7 Å². The van der Waals surface area contributed by atoms with Gasteiger partial charge in [-0.05, 0) is 19.3 Å². The molecule has 2 atom stereocenters. The van der Waals surface area contributed by atoms with Crippen molar-refractivity contribution in [1.29, 1.82) is 0 Å². The van der Waals surface area contributed by atoms with Crippen LogP contribution >= 0.6 is 0 Å². The molecule has 1 aliphatic rings. The summed E-state index contributed by atoms with van der Waals surface area (Å²) < 4.78 is 0. The predicted molar refractivity (Wildman–Crippen MR) is 50.9 cm³/mol. The Balaban J connectivity index is 2.48. The number of carbonyl (C=O) groups is 1. The summed E-state index contributed by atoms with van der Waals surface area (Å²) in [5, 5.41) is 0. The average Bonchev–Trinajstić information content (AvgIpc) is 2.10. The van der Waals surface area contributed by atoms with Crippen LogP contribution in [0.2, 0.25) is 0 Å². The van der Waals surface area contributed by atoms with E-state index in [4.69, 9.17) is 0 Å². The molecule has 0 N–H and O–H groups in total. The fourth-order valence-electron chi connectivity index (χ4n) is 1.89. The zero-order valence-electron chi connectivity index (χ0n) is 8.10. The molecule has 1 aliphatic carbocycles. The van der Waals surface area contributed by atoms with Crippen LogP contribution in [0, 0.1) is 11.3 Å². The Morgan fingerprint density at radius 1 is 1.75 bits per heavy atom. The van der Waals surface area contributed by atoms with Crippen LogP contribution in [0.4, 0.5) is 0 Å². The summed E-state index contributed by atoms with van der Waals surface area (Å²) in [6.07, 6.45) is 6.26. The van der Waals surface area contributed by atoms with Crippen molar-refractivity contribution in [2.75, 3.05) is 0 Å². The van der Waals surface area contributed by atoms with Crippen molar-refractivity contribution >= 4 is 5.78 Å². The number of ketones is 1. The summed E-state index contributed by atoms with van der Waals surface area (Å²) in [6, 6.07) is 0. The molecule has 0 amide bonds. The summed E-state index contributed by atoms with van der Waals surface area (Å²) in [6.45, 7) is 7.95. The zero-order chi connectivity index (χ0) is 9.19. The van der Waals surface area contributed by atoms with Gasteiger partial charge in [0.25, 0.3) is 0 Å². The van der Waals surface area contributed by atoms with Gasteiger partial charge >= 0.3 is 0 Å². The summed E-state index contributed by atoms with van der Waals surface area (Å²) >= 11 is 0. The molecule has 0 spiro atoms. The molecule has 0 aromatic rings. The van der Waals surface area contributed by atoms with E-state index in [1.165, 1.54) is 19.3 Å². The molecule has 2 unspecified atom stereocenters. The molecule has 68 valence electrons. The van der Waals surface area contributed by atoms with Crippen LogP contribution in [-0.2, 0) is 4.79 Å². The molecule has 1 fully saturated rings. The van der Waals surface area contributed by atoms with Crippen molar-refractivity contribution in [3.8, 4) is 0 Å². The highest BCUT2D eigenvalue weighted by Crippen LogP contribution is 2.46. The number of hydrogen-bond acceptors (Lipinski definition) is 1.